The third-order valence-electron chi connectivity index (χ3n) is 4.34. The van der Waals surface area contributed by atoms with Crippen LogP contribution in [0, 0.1) is 0 Å². The lowest BCUT2D eigenvalue weighted by Crippen LogP contribution is -2.29. The number of sulfone groups is 1. The second-order valence-electron chi connectivity index (χ2n) is 6.32. The minimum absolute atomic E-state index is 0.375. The van der Waals surface area contributed by atoms with Gasteiger partial charge in [-0.25, -0.2) is 8.42 Å². The Labute approximate surface area is 158 Å². The maximum Gasteiger partial charge on any atom is 0.239 e. The van der Waals surface area contributed by atoms with E-state index in [2.05, 4.69) is 5.32 Å². The van der Waals surface area contributed by atoms with Crippen molar-refractivity contribution in [2.75, 3.05) is 11.1 Å². The zero-order valence-electron chi connectivity index (χ0n) is 14.2. The van der Waals surface area contributed by atoms with Gasteiger partial charge in [0.05, 0.1) is 10.3 Å². The van der Waals surface area contributed by atoms with E-state index in [-0.39, 0.29) is 5.25 Å². The van der Waals surface area contributed by atoms with E-state index in [0.717, 1.165) is 12.8 Å². The molecule has 5 nitrogen and oxygen atoms in total. The van der Waals surface area contributed by atoms with Crippen LogP contribution in [0.1, 0.15) is 25.7 Å². The van der Waals surface area contributed by atoms with Crippen molar-refractivity contribution >= 4 is 33.0 Å². The first-order chi connectivity index (χ1) is 12.4. The van der Waals surface area contributed by atoms with Crippen molar-refractivity contribution in [3.8, 4) is 11.5 Å². The van der Waals surface area contributed by atoms with Gasteiger partial charge >= 0.3 is 0 Å². The summed E-state index contributed by atoms with van der Waals surface area (Å²) in [4.78, 5) is 12.1. The zero-order chi connectivity index (χ0) is 18.6. The third kappa shape index (κ3) is 4.77. The highest BCUT2D eigenvalue weighted by molar-refractivity contribution is 7.92. The standard InChI is InChI=1S/C19H20ClNO4S/c20-17-7-3-4-8-18(17)25-15-11-9-14(10-12-15)21-19(22)13-26(23,24)16-5-1-2-6-16/h3-4,7-12,16H,1-2,5-6,13H2,(H,21,22). The highest BCUT2D eigenvalue weighted by Crippen LogP contribution is 2.29. The van der Waals surface area contributed by atoms with E-state index < -0.39 is 21.5 Å². The van der Waals surface area contributed by atoms with Crippen LogP contribution in [-0.2, 0) is 14.6 Å². The Balaban J connectivity index is 1.58. The SMILES string of the molecule is O=C(CS(=O)(=O)C1CCCC1)Nc1ccc(Oc2ccccc2Cl)cc1. The van der Waals surface area contributed by atoms with Crippen LogP contribution >= 0.6 is 11.6 Å². The highest BCUT2D eigenvalue weighted by atomic mass is 35.5. The normalized spacial score (nSPS) is 15.0. The van der Waals surface area contributed by atoms with E-state index >= 15 is 0 Å². The molecule has 1 aliphatic carbocycles. The Kier molecular flexibility index (Phi) is 5.84. The fourth-order valence-corrected chi connectivity index (χ4v) is 4.91. The topological polar surface area (TPSA) is 72.5 Å². The molecule has 3 rings (SSSR count). The van der Waals surface area contributed by atoms with E-state index in [1.54, 1.807) is 36.4 Å². The van der Waals surface area contributed by atoms with Gasteiger partial charge in [-0.05, 0) is 49.2 Å². The van der Waals surface area contributed by atoms with Crippen LogP contribution in [0.4, 0.5) is 5.69 Å². The molecule has 1 saturated carbocycles. The molecule has 0 aliphatic heterocycles. The summed E-state index contributed by atoms with van der Waals surface area (Å²) in [6.45, 7) is 0. The molecule has 0 spiro atoms. The van der Waals surface area contributed by atoms with Crippen molar-refractivity contribution in [1.29, 1.82) is 0 Å². The van der Waals surface area contributed by atoms with Gasteiger partial charge in [0, 0.05) is 5.69 Å². The van der Waals surface area contributed by atoms with Crippen molar-refractivity contribution in [2.24, 2.45) is 0 Å². The largest absolute Gasteiger partial charge is 0.456 e. The van der Waals surface area contributed by atoms with E-state index in [1.165, 1.54) is 0 Å². The molecule has 0 unspecified atom stereocenters. The quantitative estimate of drug-likeness (QED) is 0.788. The molecule has 1 fully saturated rings. The van der Waals surface area contributed by atoms with Gasteiger partial charge in [-0.3, -0.25) is 4.79 Å². The first-order valence-corrected chi connectivity index (χ1v) is 10.6. The Hall–Kier alpha value is -2.05. The molecule has 1 N–H and O–H groups in total. The summed E-state index contributed by atoms with van der Waals surface area (Å²) in [5.74, 6) is 0.107. The average Bonchev–Trinajstić information content (AvgIpc) is 3.14. The molecule has 0 heterocycles. The number of ether oxygens (including phenoxy) is 1. The maximum absolute atomic E-state index is 12.2. The molecular weight excluding hydrogens is 374 g/mol. The van der Waals surface area contributed by atoms with Crippen molar-refractivity contribution in [2.45, 2.75) is 30.9 Å². The van der Waals surface area contributed by atoms with Crippen LogP contribution in [0.5, 0.6) is 11.5 Å². The molecule has 1 amide bonds. The Bertz CT molecular complexity index is 875. The molecule has 2 aromatic rings. The van der Waals surface area contributed by atoms with E-state index in [4.69, 9.17) is 16.3 Å². The Morgan fingerprint density at radius 1 is 1.08 bits per heavy atom. The summed E-state index contributed by atoms with van der Waals surface area (Å²) in [6, 6.07) is 13.8. The van der Waals surface area contributed by atoms with Gasteiger partial charge in [0.1, 0.15) is 17.3 Å². The fraction of sp³-hybridized carbons (Fsp3) is 0.316. The number of hydrogen-bond acceptors (Lipinski definition) is 4. The maximum atomic E-state index is 12.2. The molecular formula is C19H20ClNO4S. The van der Waals surface area contributed by atoms with Crippen LogP contribution in [0.15, 0.2) is 48.5 Å². The molecule has 138 valence electrons. The van der Waals surface area contributed by atoms with Crippen molar-refractivity contribution < 1.29 is 17.9 Å². The van der Waals surface area contributed by atoms with Crippen molar-refractivity contribution in [3.63, 3.8) is 0 Å². The second-order valence-corrected chi connectivity index (χ2v) is 9.01. The number of halogens is 1. The Morgan fingerprint density at radius 2 is 1.73 bits per heavy atom. The molecule has 0 saturated heterocycles. The van der Waals surface area contributed by atoms with Gasteiger partial charge in [-0.1, -0.05) is 36.6 Å². The number of amides is 1. The van der Waals surface area contributed by atoms with Crippen molar-refractivity contribution in [3.05, 3.63) is 53.6 Å². The number of anilines is 1. The van der Waals surface area contributed by atoms with Gasteiger partial charge in [-0.2, -0.15) is 0 Å². The number of rotatable bonds is 6. The van der Waals surface area contributed by atoms with Crippen LogP contribution in [0.3, 0.4) is 0 Å². The Morgan fingerprint density at radius 3 is 2.38 bits per heavy atom. The molecule has 0 radical (unpaired) electrons. The van der Waals surface area contributed by atoms with Gasteiger partial charge in [-0.15, -0.1) is 0 Å². The predicted octanol–water partition coefficient (Wildman–Crippen LogP) is 4.43. The van der Waals surface area contributed by atoms with Crippen LogP contribution in [0.2, 0.25) is 5.02 Å². The van der Waals surface area contributed by atoms with Gasteiger partial charge in [0.25, 0.3) is 0 Å². The lowest BCUT2D eigenvalue weighted by atomic mass is 10.3. The number of carbonyl (C=O) groups excluding carboxylic acids is 1. The second kappa shape index (κ2) is 8.10. The summed E-state index contributed by atoms with van der Waals surface area (Å²) in [7, 11) is -3.38. The fourth-order valence-electron chi connectivity index (χ4n) is 3.01. The molecule has 7 heteroatoms. The third-order valence-corrected chi connectivity index (χ3v) is 6.81. The smallest absolute Gasteiger partial charge is 0.239 e. The van der Waals surface area contributed by atoms with E-state index in [9.17, 15) is 13.2 Å². The average molecular weight is 394 g/mol. The van der Waals surface area contributed by atoms with Crippen molar-refractivity contribution in [1.82, 2.24) is 0 Å². The van der Waals surface area contributed by atoms with Gasteiger partial charge < -0.3 is 10.1 Å². The molecule has 0 atom stereocenters. The van der Waals surface area contributed by atoms with Crippen LogP contribution < -0.4 is 10.1 Å². The molecule has 26 heavy (non-hydrogen) atoms. The van der Waals surface area contributed by atoms with Crippen LogP contribution in [0.25, 0.3) is 0 Å². The monoisotopic (exact) mass is 393 g/mol. The first-order valence-electron chi connectivity index (χ1n) is 8.48. The van der Waals surface area contributed by atoms with Gasteiger partial charge in [0.15, 0.2) is 9.84 Å². The summed E-state index contributed by atoms with van der Waals surface area (Å²) >= 11 is 6.05. The summed E-state index contributed by atoms with van der Waals surface area (Å²) in [5.41, 5.74) is 0.517. The number of benzene rings is 2. The minimum atomic E-state index is -3.38. The van der Waals surface area contributed by atoms with Gasteiger partial charge in [0.2, 0.25) is 5.91 Å². The molecule has 1 aliphatic rings. The van der Waals surface area contributed by atoms with Crippen LogP contribution in [-0.4, -0.2) is 25.3 Å². The summed E-state index contributed by atoms with van der Waals surface area (Å²) in [6.07, 6.45) is 3.14. The lowest BCUT2D eigenvalue weighted by molar-refractivity contribution is -0.113. The lowest BCUT2D eigenvalue weighted by Gasteiger charge is -2.12. The molecule has 0 bridgehead atoms. The zero-order valence-corrected chi connectivity index (χ0v) is 15.7. The van der Waals surface area contributed by atoms with E-state index in [0.29, 0.717) is 35.1 Å². The number of para-hydroxylation sites is 1. The first kappa shape index (κ1) is 18.7. The summed E-state index contributed by atoms with van der Waals surface area (Å²) < 4.78 is 30.1. The number of hydrogen-bond donors (Lipinski definition) is 1. The minimum Gasteiger partial charge on any atom is -0.456 e. The number of nitrogens with one attached hydrogen (secondary N) is 1. The predicted molar refractivity (Wildman–Crippen MR) is 103 cm³/mol. The highest BCUT2D eigenvalue weighted by Gasteiger charge is 2.30. The van der Waals surface area contributed by atoms with E-state index in [1.807, 2.05) is 12.1 Å². The molecule has 0 aromatic heterocycles. The number of carbonyl (C=O) groups is 1. The molecule has 2 aromatic carbocycles. The summed E-state index contributed by atoms with van der Waals surface area (Å²) in [5, 5.41) is 2.75.